The molecule has 14 heavy (non-hydrogen) atoms. The number of hydrogen-bond donors (Lipinski definition) is 1. The van der Waals surface area contributed by atoms with Gasteiger partial charge in [-0.05, 0) is 19.4 Å². The maximum Gasteiger partial charge on any atom is 0.336 e. The van der Waals surface area contributed by atoms with Crippen LogP contribution in [0.15, 0.2) is 12.1 Å². The zero-order valence-corrected chi connectivity index (χ0v) is 7.77. The zero-order valence-electron chi connectivity index (χ0n) is 7.77. The lowest BCUT2D eigenvalue weighted by molar-refractivity contribution is -0.385. The van der Waals surface area contributed by atoms with E-state index in [1.807, 2.05) is 0 Å². The molecule has 1 N–H and O–H groups in total. The van der Waals surface area contributed by atoms with Crippen molar-refractivity contribution in [2.24, 2.45) is 0 Å². The molecular formula is C9H9NO4. The van der Waals surface area contributed by atoms with Crippen LogP contribution in [0.25, 0.3) is 0 Å². The quantitative estimate of drug-likeness (QED) is 0.577. The number of carboxylic acids is 1. The molecule has 5 heteroatoms. The predicted molar refractivity (Wildman–Crippen MR) is 49.5 cm³/mol. The van der Waals surface area contributed by atoms with E-state index in [1.54, 1.807) is 6.92 Å². The minimum absolute atomic E-state index is 0.0131. The van der Waals surface area contributed by atoms with Crippen molar-refractivity contribution in [2.75, 3.05) is 0 Å². The summed E-state index contributed by atoms with van der Waals surface area (Å²) in [6.45, 7) is 3.05. The molecule has 0 spiro atoms. The largest absolute Gasteiger partial charge is 0.478 e. The second-order valence-electron chi connectivity index (χ2n) is 2.96. The highest BCUT2D eigenvalue weighted by Gasteiger charge is 2.19. The lowest BCUT2D eigenvalue weighted by Gasteiger charge is -2.04. The van der Waals surface area contributed by atoms with E-state index >= 15 is 0 Å². The average Bonchev–Trinajstić information content (AvgIpc) is 2.02. The Bertz CT molecular complexity index is 412. The fourth-order valence-electron chi connectivity index (χ4n) is 1.36. The van der Waals surface area contributed by atoms with Crippen LogP contribution >= 0.6 is 0 Å². The molecule has 0 aliphatic heterocycles. The third-order valence-corrected chi connectivity index (χ3v) is 2.06. The second kappa shape index (κ2) is 3.45. The van der Waals surface area contributed by atoms with Gasteiger partial charge in [0.25, 0.3) is 5.69 Å². The molecular weight excluding hydrogens is 186 g/mol. The Kier molecular flexibility index (Phi) is 2.51. The van der Waals surface area contributed by atoms with E-state index in [0.29, 0.717) is 5.56 Å². The molecule has 0 heterocycles. The fraction of sp³-hybridized carbons (Fsp3) is 0.222. The molecule has 1 aromatic carbocycles. The van der Waals surface area contributed by atoms with Crippen LogP contribution in [0.1, 0.15) is 21.5 Å². The predicted octanol–water partition coefficient (Wildman–Crippen LogP) is 1.91. The summed E-state index contributed by atoms with van der Waals surface area (Å²) in [5, 5.41) is 19.4. The van der Waals surface area contributed by atoms with Crippen molar-refractivity contribution in [1.82, 2.24) is 0 Å². The van der Waals surface area contributed by atoms with E-state index in [4.69, 9.17) is 5.11 Å². The lowest BCUT2D eigenvalue weighted by atomic mass is 10.0. The first-order chi connectivity index (χ1) is 6.45. The van der Waals surface area contributed by atoms with Crippen LogP contribution in [0.4, 0.5) is 5.69 Å². The minimum Gasteiger partial charge on any atom is -0.478 e. The molecule has 0 saturated heterocycles. The summed E-state index contributed by atoms with van der Waals surface area (Å²) in [5.74, 6) is -1.14. The summed E-state index contributed by atoms with van der Waals surface area (Å²) in [4.78, 5) is 20.7. The number of nitro benzene ring substituents is 1. The van der Waals surface area contributed by atoms with Gasteiger partial charge in [0.15, 0.2) is 0 Å². The van der Waals surface area contributed by atoms with Gasteiger partial charge in [-0.2, -0.15) is 0 Å². The fourth-order valence-corrected chi connectivity index (χ4v) is 1.36. The van der Waals surface area contributed by atoms with Crippen LogP contribution in [-0.4, -0.2) is 16.0 Å². The first kappa shape index (κ1) is 10.2. The molecule has 0 bridgehead atoms. The van der Waals surface area contributed by atoms with Crippen LogP contribution < -0.4 is 0 Å². The van der Waals surface area contributed by atoms with E-state index in [9.17, 15) is 14.9 Å². The highest BCUT2D eigenvalue weighted by Crippen LogP contribution is 2.23. The van der Waals surface area contributed by atoms with E-state index in [1.165, 1.54) is 19.1 Å². The first-order valence-electron chi connectivity index (χ1n) is 3.93. The Morgan fingerprint density at radius 3 is 2.43 bits per heavy atom. The molecule has 0 aliphatic carbocycles. The Morgan fingerprint density at radius 1 is 1.43 bits per heavy atom. The van der Waals surface area contributed by atoms with Gasteiger partial charge in [-0.15, -0.1) is 0 Å². The second-order valence-corrected chi connectivity index (χ2v) is 2.96. The number of carboxylic acid groups (broad SMARTS) is 1. The number of nitrogens with zero attached hydrogens (tertiary/aromatic N) is 1. The van der Waals surface area contributed by atoms with Gasteiger partial charge < -0.3 is 5.11 Å². The van der Waals surface area contributed by atoms with Gasteiger partial charge in [0.05, 0.1) is 10.5 Å². The van der Waals surface area contributed by atoms with Gasteiger partial charge in [-0.25, -0.2) is 4.79 Å². The van der Waals surface area contributed by atoms with Crippen LogP contribution in [0.5, 0.6) is 0 Å². The number of nitro groups is 1. The topological polar surface area (TPSA) is 80.4 Å². The standard InChI is InChI=1S/C9H9NO4/c1-5-3-4-7(10(13)14)6(2)8(5)9(11)12/h3-4H,1-2H3,(H,11,12). The van der Waals surface area contributed by atoms with Gasteiger partial charge in [0, 0.05) is 11.6 Å². The normalized spacial score (nSPS) is 9.86. The third kappa shape index (κ3) is 1.56. The van der Waals surface area contributed by atoms with Crippen molar-refractivity contribution in [3.63, 3.8) is 0 Å². The monoisotopic (exact) mass is 195 g/mol. The molecule has 0 radical (unpaired) electrons. The van der Waals surface area contributed by atoms with Gasteiger partial charge >= 0.3 is 5.97 Å². The molecule has 0 amide bonds. The number of aryl methyl sites for hydroxylation is 1. The van der Waals surface area contributed by atoms with Crippen molar-refractivity contribution in [3.8, 4) is 0 Å². The Balaban J connectivity index is 3.49. The van der Waals surface area contributed by atoms with Crippen molar-refractivity contribution < 1.29 is 14.8 Å². The molecule has 74 valence electrons. The maximum atomic E-state index is 10.8. The van der Waals surface area contributed by atoms with Crippen molar-refractivity contribution in [1.29, 1.82) is 0 Å². The first-order valence-corrected chi connectivity index (χ1v) is 3.93. The Labute approximate surface area is 80.1 Å². The van der Waals surface area contributed by atoms with E-state index in [0.717, 1.165) is 0 Å². The molecule has 1 aromatic rings. The minimum atomic E-state index is -1.14. The molecule has 0 saturated carbocycles. The summed E-state index contributed by atoms with van der Waals surface area (Å²) in [6, 6.07) is 2.76. The van der Waals surface area contributed by atoms with E-state index in [-0.39, 0.29) is 16.8 Å². The third-order valence-electron chi connectivity index (χ3n) is 2.06. The number of hydrogen-bond acceptors (Lipinski definition) is 3. The summed E-state index contributed by atoms with van der Waals surface area (Å²) in [7, 11) is 0. The summed E-state index contributed by atoms with van der Waals surface area (Å²) < 4.78 is 0. The van der Waals surface area contributed by atoms with Gasteiger partial charge in [0.1, 0.15) is 0 Å². The van der Waals surface area contributed by atoms with E-state index < -0.39 is 10.9 Å². The van der Waals surface area contributed by atoms with Crippen LogP contribution in [0.2, 0.25) is 0 Å². The highest BCUT2D eigenvalue weighted by molar-refractivity contribution is 5.92. The Morgan fingerprint density at radius 2 is 2.00 bits per heavy atom. The molecule has 0 aliphatic rings. The number of benzene rings is 1. The van der Waals surface area contributed by atoms with E-state index in [2.05, 4.69) is 0 Å². The van der Waals surface area contributed by atoms with Crippen molar-refractivity contribution in [2.45, 2.75) is 13.8 Å². The Hall–Kier alpha value is -1.91. The zero-order chi connectivity index (χ0) is 10.9. The summed E-state index contributed by atoms with van der Waals surface area (Å²) >= 11 is 0. The van der Waals surface area contributed by atoms with Crippen molar-refractivity contribution >= 4 is 11.7 Å². The van der Waals surface area contributed by atoms with Crippen molar-refractivity contribution in [3.05, 3.63) is 38.9 Å². The molecule has 0 unspecified atom stereocenters. The van der Waals surface area contributed by atoms with Gasteiger partial charge in [0.2, 0.25) is 0 Å². The molecule has 1 rings (SSSR count). The SMILES string of the molecule is Cc1ccc([N+](=O)[O-])c(C)c1C(=O)O. The molecule has 0 fully saturated rings. The number of aromatic carboxylic acids is 1. The lowest BCUT2D eigenvalue weighted by Crippen LogP contribution is -2.05. The smallest absolute Gasteiger partial charge is 0.336 e. The van der Waals surface area contributed by atoms with Gasteiger partial charge in [-0.3, -0.25) is 10.1 Å². The molecule has 5 nitrogen and oxygen atoms in total. The number of rotatable bonds is 2. The van der Waals surface area contributed by atoms with Gasteiger partial charge in [-0.1, -0.05) is 6.07 Å². The molecule has 0 atom stereocenters. The maximum absolute atomic E-state index is 10.8. The summed E-state index contributed by atoms with van der Waals surface area (Å²) in [6.07, 6.45) is 0. The molecule has 0 aromatic heterocycles. The van der Waals surface area contributed by atoms with Crippen LogP contribution in [0.3, 0.4) is 0 Å². The highest BCUT2D eigenvalue weighted by atomic mass is 16.6. The van der Waals surface area contributed by atoms with Crippen LogP contribution in [-0.2, 0) is 0 Å². The number of carbonyl (C=O) groups is 1. The van der Waals surface area contributed by atoms with Crippen LogP contribution in [0, 0.1) is 24.0 Å². The summed E-state index contributed by atoms with van der Waals surface area (Å²) in [5.41, 5.74) is 0.579. The average molecular weight is 195 g/mol.